The molecule has 4 aromatic rings. The Morgan fingerprint density at radius 1 is 1.06 bits per heavy atom. The number of alkyl halides is 5. The molecule has 1 aliphatic rings. The molecule has 266 valence electrons. The largest absolute Gasteiger partial charge is 0.610 e. The number of carbonyl (C=O) groups excluding carboxylic acids is 1. The first-order valence-electron chi connectivity index (χ1n) is 15.8. The van der Waals surface area contributed by atoms with Gasteiger partial charge in [0.25, 0.3) is 5.56 Å². The second kappa shape index (κ2) is 15.7. The van der Waals surface area contributed by atoms with Crippen molar-refractivity contribution in [3.8, 4) is 16.9 Å². The van der Waals surface area contributed by atoms with Crippen molar-refractivity contribution in [3.63, 3.8) is 0 Å². The van der Waals surface area contributed by atoms with Crippen LogP contribution < -0.4 is 15.6 Å². The first kappa shape index (κ1) is 37.0. The Kier molecular flexibility index (Phi) is 11.6. The van der Waals surface area contributed by atoms with Gasteiger partial charge >= 0.3 is 18.8 Å². The van der Waals surface area contributed by atoms with Crippen LogP contribution in [0, 0.1) is 12.7 Å². The highest BCUT2D eigenvalue weighted by Gasteiger charge is 2.44. The highest BCUT2D eigenvalue weighted by atomic mass is 32.2. The van der Waals surface area contributed by atoms with E-state index in [2.05, 4.69) is 10.1 Å². The third-order valence-electron chi connectivity index (χ3n) is 8.50. The van der Waals surface area contributed by atoms with Gasteiger partial charge in [0.05, 0.1) is 23.8 Å². The standard InChI is InChI=1S/C36H34F6N2O5S/c1-3-48-30(45)16-9-17-43-32(22-10-5-4-6-11-22)29-20-50(47)34-25(19-26-27(36(40,41)42)14-8-15-28(26)37)21(2)31(33(46)44(29)34)23-12-7-13-24(18-23)49-35(38)39/h4-8,10-15,18,29,32,35,43H,3,9,16-17,19-20H2,1-2H3. The summed E-state index contributed by atoms with van der Waals surface area (Å²) in [5.74, 6) is -1.90. The lowest BCUT2D eigenvalue weighted by atomic mass is 9.92. The molecule has 1 aliphatic heterocycles. The van der Waals surface area contributed by atoms with Crippen LogP contribution >= 0.6 is 0 Å². The molecule has 2 heterocycles. The topological polar surface area (TPSA) is 92.6 Å². The van der Waals surface area contributed by atoms with Crippen LogP contribution in [-0.4, -0.2) is 40.6 Å². The fraction of sp³-hybridized carbons (Fsp3) is 0.333. The molecule has 0 spiro atoms. The lowest BCUT2D eigenvalue weighted by Gasteiger charge is -2.26. The number of benzene rings is 3. The Morgan fingerprint density at radius 3 is 2.46 bits per heavy atom. The number of carbonyl (C=O) groups is 1. The zero-order chi connectivity index (χ0) is 36.2. The number of hydrogen-bond donors (Lipinski definition) is 1. The van der Waals surface area contributed by atoms with Crippen LogP contribution in [0.15, 0.2) is 82.6 Å². The summed E-state index contributed by atoms with van der Waals surface area (Å²) in [7, 11) is 0. The van der Waals surface area contributed by atoms with Gasteiger partial charge in [-0.3, -0.25) is 14.2 Å². The number of nitrogens with one attached hydrogen (secondary N) is 1. The van der Waals surface area contributed by atoms with Gasteiger partial charge in [-0.2, -0.15) is 22.0 Å². The van der Waals surface area contributed by atoms with E-state index in [4.69, 9.17) is 4.74 Å². The van der Waals surface area contributed by atoms with E-state index in [1.807, 2.05) is 0 Å². The Hall–Kier alpha value is -4.27. The molecule has 50 heavy (non-hydrogen) atoms. The van der Waals surface area contributed by atoms with Crippen LogP contribution in [0.3, 0.4) is 0 Å². The zero-order valence-electron chi connectivity index (χ0n) is 27.1. The van der Waals surface area contributed by atoms with Gasteiger partial charge in [0.15, 0.2) is 0 Å². The summed E-state index contributed by atoms with van der Waals surface area (Å²) in [6, 6.07) is 15.3. The Bertz CT molecular complexity index is 1890. The third kappa shape index (κ3) is 8.03. The van der Waals surface area contributed by atoms with E-state index in [-0.39, 0.29) is 64.3 Å². The van der Waals surface area contributed by atoms with E-state index < -0.39 is 65.0 Å². The van der Waals surface area contributed by atoms with E-state index in [0.717, 1.165) is 18.2 Å². The van der Waals surface area contributed by atoms with Crippen molar-refractivity contribution in [3.05, 3.63) is 117 Å². The molecule has 0 radical (unpaired) electrons. The van der Waals surface area contributed by atoms with Crippen LogP contribution in [0.5, 0.6) is 5.75 Å². The number of ether oxygens (including phenoxy) is 2. The van der Waals surface area contributed by atoms with Gasteiger partial charge in [0.2, 0.25) is 5.03 Å². The summed E-state index contributed by atoms with van der Waals surface area (Å²) in [5, 5.41) is 3.31. The fourth-order valence-electron chi connectivity index (χ4n) is 6.35. The van der Waals surface area contributed by atoms with Crippen LogP contribution in [0.25, 0.3) is 11.1 Å². The predicted octanol–water partition coefficient (Wildman–Crippen LogP) is 7.51. The van der Waals surface area contributed by atoms with Crippen molar-refractivity contribution in [2.45, 2.75) is 63.0 Å². The SMILES string of the molecule is CCOC(=O)CCCNC(c1ccccc1)C1C[S+]([O-])c2c(Cc3c(F)cccc3C(F)(F)F)c(C)c(-c3cccc(OC(F)F)c3)c(=O)n21. The molecule has 0 fully saturated rings. The smallest absolute Gasteiger partial charge is 0.416 e. The first-order valence-corrected chi connectivity index (χ1v) is 17.1. The minimum atomic E-state index is -4.92. The molecule has 0 amide bonds. The first-order chi connectivity index (χ1) is 23.8. The summed E-state index contributed by atoms with van der Waals surface area (Å²) in [6.07, 6.45) is -5.10. The quantitative estimate of drug-likeness (QED) is 0.0666. The van der Waals surface area contributed by atoms with Gasteiger partial charge < -0.3 is 19.3 Å². The maximum Gasteiger partial charge on any atom is 0.416 e. The molecular weight excluding hydrogens is 686 g/mol. The van der Waals surface area contributed by atoms with E-state index in [9.17, 15) is 36.1 Å². The molecule has 0 bridgehead atoms. The Balaban J connectivity index is 1.71. The normalized spacial score (nSPS) is 16.4. The molecule has 0 saturated heterocycles. The molecule has 1 N–H and O–H groups in total. The van der Waals surface area contributed by atoms with Crippen molar-refractivity contribution in [1.82, 2.24) is 9.88 Å². The lowest BCUT2D eigenvalue weighted by molar-refractivity contribution is -0.143. The van der Waals surface area contributed by atoms with Crippen LogP contribution in [-0.2, 0) is 33.3 Å². The third-order valence-corrected chi connectivity index (χ3v) is 10.0. The molecule has 1 aromatic heterocycles. The van der Waals surface area contributed by atoms with Crippen molar-refractivity contribution >= 4 is 17.1 Å². The fourth-order valence-corrected chi connectivity index (χ4v) is 8.10. The monoisotopic (exact) mass is 720 g/mol. The molecule has 5 rings (SSSR count). The van der Waals surface area contributed by atoms with Gasteiger partial charge in [0.1, 0.15) is 23.4 Å². The number of nitrogens with zero attached hydrogens (tertiary/aromatic N) is 1. The molecule has 3 unspecified atom stereocenters. The number of fused-ring (bicyclic) bond motifs is 1. The predicted molar refractivity (Wildman–Crippen MR) is 175 cm³/mol. The Morgan fingerprint density at radius 2 is 1.78 bits per heavy atom. The maximum absolute atomic E-state index is 15.3. The summed E-state index contributed by atoms with van der Waals surface area (Å²) in [5.41, 5.74) is -1.62. The van der Waals surface area contributed by atoms with Crippen molar-refractivity contribution < 1.29 is 45.2 Å². The summed E-state index contributed by atoms with van der Waals surface area (Å²) in [6.45, 7) is 0.492. The second-order valence-electron chi connectivity index (χ2n) is 11.6. The van der Waals surface area contributed by atoms with E-state index in [1.54, 1.807) is 37.3 Å². The number of halogens is 6. The molecule has 7 nitrogen and oxygen atoms in total. The lowest BCUT2D eigenvalue weighted by Crippen LogP contribution is -2.36. The molecule has 0 aliphatic carbocycles. The highest BCUT2D eigenvalue weighted by Crippen LogP contribution is 2.42. The van der Waals surface area contributed by atoms with Gasteiger partial charge in [-0.15, -0.1) is 0 Å². The number of rotatable bonds is 13. The number of pyridine rings is 1. The van der Waals surface area contributed by atoms with Crippen molar-refractivity contribution in [2.75, 3.05) is 18.9 Å². The van der Waals surface area contributed by atoms with E-state index in [0.29, 0.717) is 12.0 Å². The van der Waals surface area contributed by atoms with Gasteiger partial charge in [0, 0.05) is 35.1 Å². The van der Waals surface area contributed by atoms with Crippen LogP contribution in [0.2, 0.25) is 0 Å². The molecule has 3 aromatic carbocycles. The highest BCUT2D eigenvalue weighted by molar-refractivity contribution is 7.91. The van der Waals surface area contributed by atoms with Gasteiger partial charge in [-0.05, 0) is 67.8 Å². The molecule has 0 saturated carbocycles. The van der Waals surface area contributed by atoms with E-state index in [1.165, 1.54) is 35.8 Å². The van der Waals surface area contributed by atoms with Crippen LogP contribution in [0.4, 0.5) is 26.3 Å². The van der Waals surface area contributed by atoms with E-state index >= 15 is 4.39 Å². The minimum absolute atomic E-state index is 0.0466. The summed E-state index contributed by atoms with van der Waals surface area (Å²) < 4.78 is 109. The number of hydrogen-bond acceptors (Lipinski definition) is 6. The van der Waals surface area contributed by atoms with Crippen molar-refractivity contribution in [2.24, 2.45) is 0 Å². The second-order valence-corrected chi connectivity index (χ2v) is 13.0. The molecule has 3 atom stereocenters. The number of aromatic nitrogens is 1. The Labute approximate surface area is 287 Å². The van der Waals surface area contributed by atoms with Crippen molar-refractivity contribution in [1.29, 1.82) is 0 Å². The van der Waals surface area contributed by atoms with Crippen LogP contribution in [0.1, 0.15) is 59.7 Å². The average Bonchev–Trinajstić information content (AvgIpc) is 3.40. The molecular formula is C36H34F6N2O5S. The van der Waals surface area contributed by atoms with Gasteiger partial charge in [-0.1, -0.05) is 48.5 Å². The summed E-state index contributed by atoms with van der Waals surface area (Å²) >= 11 is -1.94. The van der Waals surface area contributed by atoms with Gasteiger partial charge in [-0.25, -0.2) is 4.39 Å². The molecule has 14 heteroatoms. The summed E-state index contributed by atoms with van der Waals surface area (Å²) in [4.78, 5) is 26.6. The maximum atomic E-state index is 15.3. The number of esters is 1. The minimum Gasteiger partial charge on any atom is -0.610 e. The zero-order valence-corrected chi connectivity index (χ0v) is 27.9. The average molecular weight is 721 g/mol.